The Hall–Kier alpha value is -0.620. The molecule has 0 bridgehead atoms. The quantitative estimate of drug-likeness (QED) is 0.610. The Morgan fingerprint density at radius 3 is 2.18 bits per heavy atom. The van der Waals surface area contributed by atoms with Gasteiger partial charge in [0.2, 0.25) is 10.0 Å². The van der Waals surface area contributed by atoms with Crippen molar-refractivity contribution in [1.82, 2.24) is 4.31 Å². The number of unbranched alkanes of at least 4 members (excludes halogenated alkanes) is 5. The lowest BCUT2D eigenvalue weighted by atomic mass is 10.1. The highest BCUT2D eigenvalue weighted by atomic mass is 32.2. The van der Waals surface area contributed by atoms with Crippen LogP contribution >= 0.6 is 0 Å². The van der Waals surface area contributed by atoms with Crippen LogP contribution in [0.5, 0.6) is 0 Å². The second-order valence-electron chi connectivity index (χ2n) is 4.23. The van der Waals surface area contributed by atoms with E-state index in [9.17, 15) is 13.2 Å². The predicted molar refractivity (Wildman–Crippen MR) is 67.4 cm³/mol. The number of aliphatic carboxylic acids is 1. The molecule has 0 rings (SSSR count). The minimum absolute atomic E-state index is 0.0445. The van der Waals surface area contributed by atoms with E-state index in [0.717, 1.165) is 23.6 Å². The summed E-state index contributed by atoms with van der Waals surface area (Å²) >= 11 is 0. The maximum absolute atomic E-state index is 11.6. The summed E-state index contributed by atoms with van der Waals surface area (Å²) in [7, 11) is -2.09. The van der Waals surface area contributed by atoms with Gasteiger partial charge < -0.3 is 5.11 Å². The number of hydrogen-bond acceptors (Lipinski definition) is 3. The zero-order valence-electron chi connectivity index (χ0n) is 10.7. The fourth-order valence-electron chi connectivity index (χ4n) is 1.51. The van der Waals surface area contributed by atoms with Gasteiger partial charge in [-0.15, -0.1) is 0 Å². The van der Waals surface area contributed by atoms with Crippen molar-refractivity contribution in [2.75, 3.05) is 19.3 Å². The first kappa shape index (κ1) is 16.4. The molecule has 0 saturated heterocycles. The van der Waals surface area contributed by atoms with Gasteiger partial charge in [0.15, 0.2) is 0 Å². The molecule has 0 fully saturated rings. The Labute approximate surface area is 104 Å². The molecule has 0 aromatic heterocycles. The van der Waals surface area contributed by atoms with Crippen molar-refractivity contribution in [3.05, 3.63) is 0 Å². The molecule has 0 amide bonds. The molecule has 0 aromatic carbocycles. The molecule has 0 aliphatic carbocycles. The summed E-state index contributed by atoms with van der Waals surface area (Å²) in [6.45, 7) is 1.67. The summed E-state index contributed by atoms with van der Waals surface area (Å²) < 4.78 is 24.1. The summed E-state index contributed by atoms with van der Waals surface area (Å²) in [5.41, 5.74) is 0. The summed E-state index contributed by atoms with van der Waals surface area (Å²) in [5.74, 6) is -1.08. The zero-order valence-corrected chi connectivity index (χ0v) is 11.5. The van der Waals surface area contributed by atoms with Gasteiger partial charge in [-0.3, -0.25) is 4.79 Å². The molecule has 5 nitrogen and oxygen atoms in total. The second kappa shape index (κ2) is 8.47. The van der Waals surface area contributed by atoms with Gasteiger partial charge in [-0.05, 0) is 6.42 Å². The van der Waals surface area contributed by atoms with Gasteiger partial charge >= 0.3 is 5.97 Å². The molecule has 0 radical (unpaired) electrons. The lowest BCUT2D eigenvalue weighted by molar-refractivity contribution is -0.137. The van der Waals surface area contributed by atoms with Crippen LogP contribution in [0, 0.1) is 0 Å². The smallest absolute Gasteiger partial charge is 0.318 e. The first-order valence-electron chi connectivity index (χ1n) is 6.06. The van der Waals surface area contributed by atoms with Gasteiger partial charge in [-0.2, -0.15) is 4.31 Å². The van der Waals surface area contributed by atoms with Crippen LogP contribution in [-0.4, -0.2) is 43.1 Å². The zero-order chi connectivity index (χ0) is 13.3. The predicted octanol–water partition coefficient (Wildman–Crippen LogP) is 1.69. The Kier molecular flexibility index (Phi) is 8.16. The van der Waals surface area contributed by atoms with Gasteiger partial charge in [0.25, 0.3) is 0 Å². The van der Waals surface area contributed by atoms with Gasteiger partial charge in [0.05, 0.1) is 5.75 Å². The van der Waals surface area contributed by atoms with Crippen LogP contribution in [-0.2, 0) is 14.8 Å². The molecule has 1 N–H and O–H groups in total. The average Bonchev–Trinajstić information content (AvgIpc) is 2.22. The molecule has 0 aliphatic rings. The lowest BCUT2D eigenvalue weighted by Crippen LogP contribution is -2.33. The number of carbonyl (C=O) groups is 1. The Balaban J connectivity index is 3.82. The van der Waals surface area contributed by atoms with Crippen molar-refractivity contribution in [2.24, 2.45) is 0 Å². The molecule has 0 saturated carbocycles. The maximum atomic E-state index is 11.6. The third-order valence-corrected chi connectivity index (χ3v) is 4.47. The van der Waals surface area contributed by atoms with E-state index < -0.39 is 22.5 Å². The normalized spacial score (nSPS) is 11.9. The summed E-state index contributed by atoms with van der Waals surface area (Å²) in [4.78, 5) is 10.4. The van der Waals surface area contributed by atoms with E-state index in [1.54, 1.807) is 0 Å². The van der Waals surface area contributed by atoms with Gasteiger partial charge in [0.1, 0.15) is 6.54 Å². The van der Waals surface area contributed by atoms with Crippen LogP contribution in [0.4, 0.5) is 0 Å². The monoisotopic (exact) mass is 265 g/mol. The van der Waals surface area contributed by atoms with Crippen LogP contribution < -0.4 is 0 Å². The van der Waals surface area contributed by atoms with E-state index in [-0.39, 0.29) is 5.75 Å². The lowest BCUT2D eigenvalue weighted by Gasteiger charge is -2.14. The third-order valence-electron chi connectivity index (χ3n) is 2.59. The van der Waals surface area contributed by atoms with E-state index in [4.69, 9.17) is 5.11 Å². The molecule has 0 aliphatic heterocycles. The van der Waals surface area contributed by atoms with E-state index >= 15 is 0 Å². The number of carboxylic acids is 1. The summed E-state index contributed by atoms with van der Waals surface area (Å²) in [6, 6.07) is 0. The molecule has 6 heteroatoms. The highest BCUT2D eigenvalue weighted by molar-refractivity contribution is 7.89. The molecule has 0 atom stereocenters. The number of nitrogens with zero attached hydrogens (tertiary/aromatic N) is 1. The van der Waals surface area contributed by atoms with E-state index in [0.29, 0.717) is 6.42 Å². The number of likely N-dealkylation sites (N-methyl/N-ethyl adjacent to an activating group) is 1. The number of rotatable bonds is 10. The molecule has 0 unspecified atom stereocenters. The number of carboxylic acid groups (broad SMARTS) is 1. The first-order valence-corrected chi connectivity index (χ1v) is 7.67. The van der Waals surface area contributed by atoms with Gasteiger partial charge in [-0.1, -0.05) is 39.0 Å². The van der Waals surface area contributed by atoms with Gasteiger partial charge in [0, 0.05) is 7.05 Å². The Morgan fingerprint density at radius 2 is 1.65 bits per heavy atom. The van der Waals surface area contributed by atoms with Crippen molar-refractivity contribution >= 4 is 16.0 Å². The van der Waals surface area contributed by atoms with Crippen LogP contribution in [0.15, 0.2) is 0 Å². The van der Waals surface area contributed by atoms with Crippen LogP contribution in [0.25, 0.3) is 0 Å². The summed E-state index contributed by atoms with van der Waals surface area (Å²) in [5, 5.41) is 8.51. The first-order chi connectivity index (χ1) is 7.90. The molecule has 0 spiro atoms. The third kappa shape index (κ3) is 8.15. The number of hydrogen-bond donors (Lipinski definition) is 1. The van der Waals surface area contributed by atoms with E-state index in [1.807, 2.05) is 0 Å². The van der Waals surface area contributed by atoms with Gasteiger partial charge in [-0.25, -0.2) is 8.42 Å². The minimum Gasteiger partial charge on any atom is -0.480 e. The molecule has 102 valence electrons. The maximum Gasteiger partial charge on any atom is 0.318 e. The standard InChI is InChI=1S/C11H23NO4S/c1-3-4-5-6-7-8-9-17(15,16)12(2)10-11(13)14/h3-10H2,1-2H3,(H,13,14). The molecule has 0 heterocycles. The van der Waals surface area contributed by atoms with Crippen LogP contribution in [0.2, 0.25) is 0 Å². The van der Waals surface area contributed by atoms with Crippen molar-refractivity contribution in [1.29, 1.82) is 0 Å². The SMILES string of the molecule is CCCCCCCCS(=O)(=O)N(C)CC(=O)O. The fourth-order valence-corrected chi connectivity index (χ4v) is 2.70. The highest BCUT2D eigenvalue weighted by Crippen LogP contribution is 2.08. The average molecular weight is 265 g/mol. The van der Waals surface area contributed by atoms with E-state index in [2.05, 4.69) is 6.92 Å². The topological polar surface area (TPSA) is 74.7 Å². The Morgan fingerprint density at radius 1 is 1.12 bits per heavy atom. The van der Waals surface area contributed by atoms with Crippen molar-refractivity contribution < 1.29 is 18.3 Å². The van der Waals surface area contributed by atoms with Crippen molar-refractivity contribution in [3.63, 3.8) is 0 Å². The Bertz CT molecular complexity index is 313. The van der Waals surface area contributed by atoms with Crippen LogP contribution in [0.3, 0.4) is 0 Å². The highest BCUT2D eigenvalue weighted by Gasteiger charge is 2.19. The molecule has 0 aromatic rings. The molecular formula is C11H23NO4S. The fraction of sp³-hybridized carbons (Fsp3) is 0.909. The largest absolute Gasteiger partial charge is 0.480 e. The van der Waals surface area contributed by atoms with Crippen LogP contribution in [0.1, 0.15) is 45.4 Å². The molecule has 17 heavy (non-hydrogen) atoms. The minimum atomic E-state index is -3.40. The van der Waals surface area contributed by atoms with Crippen molar-refractivity contribution in [2.45, 2.75) is 45.4 Å². The molecular weight excluding hydrogens is 242 g/mol. The van der Waals surface area contributed by atoms with Crippen molar-refractivity contribution in [3.8, 4) is 0 Å². The summed E-state index contributed by atoms with van der Waals surface area (Å²) in [6.07, 6.45) is 6.04. The second-order valence-corrected chi connectivity index (χ2v) is 6.43. The van der Waals surface area contributed by atoms with E-state index in [1.165, 1.54) is 19.9 Å². The number of sulfonamides is 1.